The van der Waals surface area contributed by atoms with Gasteiger partial charge in [0.15, 0.2) is 0 Å². The Morgan fingerprint density at radius 2 is 2.29 bits per heavy atom. The summed E-state index contributed by atoms with van der Waals surface area (Å²) in [4.78, 5) is 0. The van der Waals surface area contributed by atoms with E-state index in [9.17, 15) is 0 Å². The Morgan fingerprint density at radius 1 is 1.43 bits per heavy atom. The lowest BCUT2D eigenvalue weighted by Gasteiger charge is -1.95. The number of rotatable bonds is 0. The van der Waals surface area contributed by atoms with E-state index in [0.717, 1.165) is 17.9 Å². The molecule has 0 nitrogen and oxygen atoms in total. The van der Waals surface area contributed by atoms with Crippen molar-refractivity contribution in [3.05, 3.63) is 23.3 Å². The van der Waals surface area contributed by atoms with E-state index >= 15 is 0 Å². The van der Waals surface area contributed by atoms with E-state index in [1.165, 1.54) is 0 Å². The van der Waals surface area contributed by atoms with E-state index in [0.29, 0.717) is 0 Å². The third-order valence-corrected chi connectivity index (χ3v) is 1.26. The molecule has 0 N–H and O–H groups in total. The third kappa shape index (κ3) is 1.36. The SMILES string of the molecule is ClC1=CCC=CC1. The Hall–Kier alpha value is -0.230. The first kappa shape index (κ1) is 4.92. The fourth-order valence-corrected chi connectivity index (χ4v) is 0.750. The molecule has 0 bridgehead atoms. The van der Waals surface area contributed by atoms with Crippen LogP contribution in [0.2, 0.25) is 0 Å². The Kier molecular flexibility index (Phi) is 1.53. The predicted octanol–water partition coefficient (Wildman–Crippen LogP) is 2.46. The van der Waals surface area contributed by atoms with E-state index in [1.54, 1.807) is 0 Å². The highest BCUT2D eigenvalue weighted by atomic mass is 35.5. The first-order chi connectivity index (χ1) is 3.39. The van der Waals surface area contributed by atoms with Crippen LogP contribution in [-0.2, 0) is 0 Å². The predicted molar refractivity (Wildman–Crippen MR) is 32.3 cm³/mol. The van der Waals surface area contributed by atoms with E-state index in [-0.39, 0.29) is 0 Å². The summed E-state index contributed by atoms with van der Waals surface area (Å²) in [6.07, 6.45) is 8.18. The van der Waals surface area contributed by atoms with Crippen molar-refractivity contribution in [2.45, 2.75) is 12.8 Å². The standard InChI is InChI=1S/C6H7Cl/c7-6-4-2-1-3-5-6/h1-2,5H,3-4H2. The number of halogens is 1. The minimum absolute atomic E-state index is 0.932. The van der Waals surface area contributed by atoms with Gasteiger partial charge in [0.05, 0.1) is 0 Å². The van der Waals surface area contributed by atoms with Gasteiger partial charge in [-0.1, -0.05) is 29.8 Å². The average molecular weight is 115 g/mol. The summed E-state index contributed by atoms with van der Waals surface area (Å²) < 4.78 is 0. The molecule has 0 saturated carbocycles. The summed E-state index contributed by atoms with van der Waals surface area (Å²) in [5, 5.41) is 0.975. The van der Waals surface area contributed by atoms with Crippen molar-refractivity contribution in [1.29, 1.82) is 0 Å². The molecule has 0 spiro atoms. The van der Waals surface area contributed by atoms with Crippen molar-refractivity contribution in [2.75, 3.05) is 0 Å². The second kappa shape index (κ2) is 2.17. The highest BCUT2D eigenvalue weighted by Crippen LogP contribution is 2.13. The lowest BCUT2D eigenvalue weighted by Crippen LogP contribution is -1.74. The molecule has 0 amide bonds. The Balaban J connectivity index is 2.50. The van der Waals surface area contributed by atoms with Crippen LogP contribution >= 0.6 is 11.6 Å². The molecule has 1 rings (SSSR count). The maximum absolute atomic E-state index is 5.63. The van der Waals surface area contributed by atoms with Gasteiger partial charge in [0.2, 0.25) is 0 Å². The Morgan fingerprint density at radius 3 is 2.57 bits per heavy atom. The molecule has 0 radical (unpaired) electrons. The van der Waals surface area contributed by atoms with Crippen LogP contribution in [0.3, 0.4) is 0 Å². The van der Waals surface area contributed by atoms with Gasteiger partial charge in [-0.15, -0.1) is 0 Å². The number of hydrogen-bond acceptors (Lipinski definition) is 0. The number of hydrogen-bond donors (Lipinski definition) is 0. The van der Waals surface area contributed by atoms with Crippen LogP contribution < -0.4 is 0 Å². The van der Waals surface area contributed by atoms with E-state index in [2.05, 4.69) is 12.2 Å². The van der Waals surface area contributed by atoms with Crippen LogP contribution in [0.25, 0.3) is 0 Å². The third-order valence-electron chi connectivity index (χ3n) is 0.955. The van der Waals surface area contributed by atoms with E-state index in [1.807, 2.05) is 6.08 Å². The molecule has 38 valence electrons. The molecule has 0 unspecified atom stereocenters. The molecule has 0 atom stereocenters. The quantitative estimate of drug-likeness (QED) is 0.425. The van der Waals surface area contributed by atoms with Gasteiger partial charge >= 0.3 is 0 Å². The van der Waals surface area contributed by atoms with Gasteiger partial charge in [0.1, 0.15) is 0 Å². The second-order valence-electron chi connectivity index (χ2n) is 1.56. The molecule has 0 aromatic heterocycles. The molecule has 7 heavy (non-hydrogen) atoms. The van der Waals surface area contributed by atoms with Crippen molar-refractivity contribution in [2.24, 2.45) is 0 Å². The Bertz CT molecular complexity index is 111. The maximum atomic E-state index is 5.63. The van der Waals surface area contributed by atoms with Crippen LogP contribution in [-0.4, -0.2) is 0 Å². The lowest BCUT2D eigenvalue weighted by molar-refractivity contribution is 1.21. The summed E-state index contributed by atoms with van der Waals surface area (Å²) in [6.45, 7) is 0. The monoisotopic (exact) mass is 114 g/mol. The zero-order chi connectivity index (χ0) is 5.11. The average Bonchev–Trinajstić information content (AvgIpc) is 1.69. The minimum atomic E-state index is 0.932. The van der Waals surface area contributed by atoms with Crippen molar-refractivity contribution < 1.29 is 0 Å². The van der Waals surface area contributed by atoms with E-state index < -0.39 is 0 Å². The maximum Gasteiger partial charge on any atom is 0.0181 e. The first-order valence-corrected chi connectivity index (χ1v) is 2.77. The summed E-state index contributed by atoms with van der Waals surface area (Å²) in [5.74, 6) is 0. The van der Waals surface area contributed by atoms with Crippen molar-refractivity contribution in [3.8, 4) is 0 Å². The van der Waals surface area contributed by atoms with Crippen LogP contribution in [0.15, 0.2) is 23.3 Å². The molecular weight excluding hydrogens is 108 g/mol. The molecule has 0 saturated heterocycles. The first-order valence-electron chi connectivity index (χ1n) is 2.39. The summed E-state index contributed by atoms with van der Waals surface area (Å²) in [5.41, 5.74) is 0. The largest absolute Gasteiger partial charge is 0.0891 e. The molecule has 0 aromatic carbocycles. The van der Waals surface area contributed by atoms with Crippen molar-refractivity contribution in [3.63, 3.8) is 0 Å². The topological polar surface area (TPSA) is 0 Å². The van der Waals surface area contributed by atoms with Crippen LogP contribution in [0.4, 0.5) is 0 Å². The summed E-state index contributed by atoms with van der Waals surface area (Å²) in [6, 6.07) is 0. The minimum Gasteiger partial charge on any atom is -0.0891 e. The smallest absolute Gasteiger partial charge is 0.0181 e. The van der Waals surface area contributed by atoms with Gasteiger partial charge in [-0.25, -0.2) is 0 Å². The van der Waals surface area contributed by atoms with Gasteiger partial charge < -0.3 is 0 Å². The molecule has 0 heterocycles. The molecule has 1 heteroatoms. The normalized spacial score (nSPS) is 19.3. The Labute approximate surface area is 48.5 Å². The van der Waals surface area contributed by atoms with Crippen LogP contribution in [0, 0.1) is 0 Å². The van der Waals surface area contributed by atoms with Gasteiger partial charge in [-0.05, 0) is 6.42 Å². The zero-order valence-electron chi connectivity index (χ0n) is 4.02. The molecule has 1 aliphatic rings. The van der Waals surface area contributed by atoms with Gasteiger partial charge in [0, 0.05) is 11.5 Å². The molecular formula is C6H7Cl. The van der Waals surface area contributed by atoms with Gasteiger partial charge in [0.25, 0.3) is 0 Å². The molecule has 0 fully saturated rings. The van der Waals surface area contributed by atoms with Gasteiger partial charge in [-0.2, -0.15) is 0 Å². The fraction of sp³-hybridized carbons (Fsp3) is 0.333. The summed E-state index contributed by atoms with van der Waals surface area (Å²) >= 11 is 5.63. The number of allylic oxidation sites excluding steroid dienone is 4. The fourth-order valence-electron chi connectivity index (χ4n) is 0.571. The molecule has 0 aliphatic heterocycles. The van der Waals surface area contributed by atoms with Gasteiger partial charge in [-0.3, -0.25) is 0 Å². The highest BCUT2D eigenvalue weighted by molar-refractivity contribution is 6.29. The van der Waals surface area contributed by atoms with Crippen LogP contribution in [0.1, 0.15) is 12.8 Å². The highest BCUT2D eigenvalue weighted by Gasteiger charge is 1.89. The zero-order valence-corrected chi connectivity index (χ0v) is 4.78. The van der Waals surface area contributed by atoms with Crippen molar-refractivity contribution >= 4 is 11.6 Å². The lowest BCUT2D eigenvalue weighted by atomic mass is 10.2. The second-order valence-corrected chi connectivity index (χ2v) is 2.05. The van der Waals surface area contributed by atoms with Crippen LogP contribution in [0.5, 0.6) is 0 Å². The molecule has 0 aromatic rings. The van der Waals surface area contributed by atoms with E-state index in [4.69, 9.17) is 11.6 Å². The summed E-state index contributed by atoms with van der Waals surface area (Å²) in [7, 11) is 0. The molecule has 1 aliphatic carbocycles. The van der Waals surface area contributed by atoms with Crippen molar-refractivity contribution in [1.82, 2.24) is 0 Å².